The van der Waals surface area contributed by atoms with Crippen molar-refractivity contribution in [2.24, 2.45) is 5.92 Å². The van der Waals surface area contributed by atoms with Crippen LogP contribution in [-0.2, 0) is 10.0 Å². The molecule has 2 atom stereocenters. The minimum absolute atomic E-state index is 0.296. The van der Waals surface area contributed by atoms with E-state index in [0.29, 0.717) is 18.5 Å². The van der Waals surface area contributed by atoms with Crippen molar-refractivity contribution in [3.05, 3.63) is 34.9 Å². The molecular formula is C15H23ClN2O2S. The Kier molecular flexibility index (Phi) is 5.66. The fourth-order valence-corrected chi connectivity index (χ4v) is 3.60. The van der Waals surface area contributed by atoms with Crippen molar-refractivity contribution < 1.29 is 8.42 Å². The van der Waals surface area contributed by atoms with Gasteiger partial charge in [0.25, 0.3) is 0 Å². The van der Waals surface area contributed by atoms with Crippen LogP contribution in [0.15, 0.2) is 24.3 Å². The van der Waals surface area contributed by atoms with E-state index in [0.717, 1.165) is 31.0 Å². The second kappa shape index (κ2) is 7.09. The molecule has 0 radical (unpaired) electrons. The van der Waals surface area contributed by atoms with Gasteiger partial charge in [-0.05, 0) is 49.9 Å². The Balaban J connectivity index is 1.97. The minimum Gasteiger partial charge on any atom is -0.296 e. The van der Waals surface area contributed by atoms with Crippen LogP contribution in [0.25, 0.3) is 0 Å². The summed E-state index contributed by atoms with van der Waals surface area (Å²) >= 11 is 6.06. The molecule has 0 amide bonds. The zero-order valence-corrected chi connectivity index (χ0v) is 14.1. The first-order valence-electron chi connectivity index (χ1n) is 7.29. The molecule has 1 heterocycles. The average Bonchev–Trinajstić information content (AvgIpc) is 2.44. The first-order chi connectivity index (χ1) is 9.85. The normalized spacial score (nSPS) is 22.1. The molecule has 1 saturated heterocycles. The Morgan fingerprint density at radius 1 is 1.48 bits per heavy atom. The molecule has 2 rings (SSSR count). The van der Waals surface area contributed by atoms with Crippen molar-refractivity contribution in [1.29, 1.82) is 0 Å². The molecular weight excluding hydrogens is 308 g/mol. The van der Waals surface area contributed by atoms with E-state index in [9.17, 15) is 8.42 Å². The van der Waals surface area contributed by atoms with Gasteiger partial charge in [0.1, 0.15) is 0 Å². The number of sulfonamides is 1. The number of likely N-dealkylation sites (tertiary alicyclic amines) is 1. The Morgan fingerprint density at radius 2 is 2.24 bits per heavy atom. The maximum absolute atomic E-state index is 11.2. The molecule has 0 spiro atoms. The zero-order chi connectivity index (χ0) is 15.5. The van der Waals surface area contributed by atoms with Crippen LogP contribution in [0.5, 0.6) is 0 Å². The van der Waals surface area contributed by atoms with Gasteiger partial charge in [-0.2, -0.15) is 0 Å². The molecule has 0 saturated carbocycles. The Morgan fingerprint density at radius 3 is 2.90 bits per heavy atom. The molecule has 0 aromatic heterocycles. The lowest BCUT2D eigenvalue weighted by molar-refractivity contribution is 0.133. The number of halogens is 1. The van der Waals surface area contributed by atoms with Crippen LogP contribution in [0, 0.1) is 5.92 Å². The summed E-state index contributed by atoms with van der Waals surface area (Å²) in [6, 6.07) is 8.25. The van der Waals surface area contributed by atoms with Gasteiger partial charge in [0, 0.05) is 24.2 Å². The molecule has 0 bridgehead atoms. The van der Waals surface area contributed by atoms with Gasteiger partial charge in [0.15, 0.2) is 0 Å². The van der Waals surface area contributed by atoms with Gasteiger partial charge < -0.3 is 0 Å². The molecule has 1 aliphatic rings. The number of nitrogens with zero attached hydrogens (tertiary/aromatic N) is 1. The number of hydrogen-bond donors (Lipinski definition) is 1. The largest absolute Gasteiger partial charge is 0.296 e. The van der Waals surface area contributed by atoms with Crippen LogP contribution < -0.4 is 4.72 Å². The molecule has 1 N–H and O–H groups in total. The monoisotopic (exact) mass is 330 g/mol. The zero-order valence-electron chi connectivity index (χ0n) is 12.5. The summed E-state index contributed by atoms with van der Waals surface area (Å²) in [7, 11) is -3.10. The highest BCUT2D eigenvalue weighted by Crippen LogP contribution is 2.27. The van der Waals surface area contributed by atoms with E-state index < -0.39 is 10.0 Å². The number of nitrogens with one attached hydrogen (secondary N) is 1. The smallest absolute Gasteiger partial charge is 0.208 e. The lowest BCUT2D eigenvalue weighted by Crippen LogP contribution is -2.41. The second-order valence-electron chi connectivity index (χ2n) is 5.85. The SMILES string of the molecule is C[C@@H](c1cccc(Cl)c1)N1CCC[C@H](CNS(C)(=O)=O)C1. The Labute approximate surface area is 132 Å². The molecule has 21 heavy (non-hydrogen) atoms. The highest BCUT2D eigenvalue weighted by Gasteiger charge is 2.24. The van der Waals surface area contributed by atoms with Crippen molar-refractivity contribution in [2.75, 3.05) is 25.9 Å². The lowest BCUT2D eigenvalue weighted by Gasteiger charge is -2.37. The first kappa shape index (κ1) is 16.7. The van der Waals surface area contributed by atoms with Crippen LogP contribution in [0.2, 0.25) is 5.02 Å². The summed E-state index contributed by atoms with van der Waals surface area (Å²) in [4.78, 5) is 2.41. The van der Waals surface area contributed by atoms with Crippen molar-refractivity contribution in [3.8, 4) is 0 Å². The van der Waals surface area contributed by atoms with Gasteiger partial charge in [-0.25, -0.2) is 13.1 Å². The summed E-state index contributed by atoms with van der Waals surface area (Å²) < 4.78 is 25.0. The van der Waals surface area contributed by atoms with E-state index in [4.69, 9.17) is 11.6 Å². The molecule has 1 aromatic rings. The van der Waals surface area contributed by atoms with E-state index in [2.05, 4.69) is 22.6 Å². The first-order valence-corrected chi connectivity index (χ1v) is 9.56. The Bertz CT molecular complexity index is 577. The molecule has 4 nitrogen and oxygen atoms in total. The van der Waals surface area contributed by atoms with Crippen molar-refractivity contribution in [1.82, 2.24) is 9.62 Å². The van der Waals surface area contributed by atoms with Crippen LogP contribution in [0.3, 0.4) is 0 Å². The van der Waals surface area contributed by atoms with Gasteiger partial charge in [-0.1, -0.05) is 23.7 Å². The predicted octanol–water partition coefficient (Wildman–Crippen LogP) is 2.66. The number of benzene rings is 1. The predicted molar refractivity (Wildman–Crippen MR) is 87.0 cm³/mol. The van der Waals surface area contributed by atoms with Crippen molar-refractivity contribution >= 4 is 21.6 Å². The van der Waals surface area contributed by atoms with Gasteiger partial charge in [0.2, 0.25) is 10.0 Å². The highest BCUT2D eigenvalue weighted by atomic mass is 35.5. The third kappa shape index (κ3) is 5.25. The van der Waals surface area contributed by atoms with Crippen molar-refractivity contribution in [3.63, 3.8) is 0 Å². The third-order valence-electron chi connectivity index (χ3n) is 4.06. The van der Waals surface area contributed by atoms with Crippen LogP contribution in [-0.4, -0.2) is 39.2 Å². The summed E-state index contributed by atoms with van der Waals surface area (Å²) in [6.45, 7) is 4.66. The topological polar surface area (TPSA) is 49.4 Å². The van der Waals surface area contributed by atoms with E-state index >= 15 is 0 Å². The van der Waals surface area contributed by atoms with Crippen LogP contribution >= 0.6 is 11.6 Å². The van der Waals surface area contributed by atoms with Crippen LogP contribution in [0.4, 0.5) is 0 Å². The fourth-order valence-electron chi connectivity index (χ4n) is 2.86. The molecule has 1 aromatic carbocycles. The molecule has 6 heteroatoms. The van der Waals surface area contributed by atoms with E-state index in [1.807, 2.05) is 18.2 Å². The van der Waals surface area contributed by atoms with Gasteiger partial charge in [0.05, 0.1) is 6.26 Å². The van der Waals surface area contributed by atoms with Gasteiger partial charge >= 0.3 is 0 Å². The molecule has 1 fully saturated rings. The molecule has 1 aliphatic heterocycles. The lowest BCUT2D eigenvalue weighted by atomic mass is 9.95. The summed E-state index contributed by atoms with van der Waals surface area (Å²) in [5.41, 5.74) is 1.21. The Hall–Kier alpha value is -0.620. The van der Waals surface area contributed by atoms with E-state index in [1.54, 1.807) is 0 Å². The molecule has 0 aliphatic carbocycles. The third-order valence-corrected chi connectivity index (χ3v) is 4.99. The van der Waals surface area contributed by atoms with Gasteiger partial charge in [-0.15, -0.1) is 0 Å². The standard InChI is InChI=1S/C15H23ClN2O2S/c1-12(14-6-3-7-15(16)9-14)18-8-4-5-13(11-18)10-17-21(2,19)20/h3,6-7,9,12-13,17H,4-5,8,10-11H2,1-2H3/t12-,13+/m0/s1. The van der Waals surface area contributed by atoms with E-state index in [1.165, 1.54) is 11.8 Å². The van der Waals surface area contributed by atoms with Crippen LogP contribution in [0.1, 0.15) is 31.4 Å². The summed E-state index contributed by atoms with van der Waals surface area (Å²) in [5, 5.41) is 0.756. The highest BCUT2D eigenvalue weighted by molar-refractivity contribution is 7.88. The fraction of sp³-hybridized carbons (Fsp3) is 0.600. The number of hydrogen-bond acceptors (Lipinski definition) is 3. The summed E-state index contributed by atoms with van der Waals surface area (Å²) in [6.07, 6.45) is 3.38. The van der Waals surface area contributed by atoms with Crippen molar-refractivity contribution in [2.45, 2.75) is 25.8 Å². The second-order valence-corrected chi connectivity index (χ2v) is 8.12. The maximum Gasteiger partial charge on any atom is 0.208 e. The number of piperidine rings is 1. The average molecular weight is 331 g/mol. The van der Waals surface area contributed by atoms with E-state index in [-0.39, 0.29) is 0 Å². The summed E-state index contributed by atoms with van der Waals surface area (Å²) in [5.74, 6) is 0.370. The number of rotatable bonds is 5. The minimum atomic E-state index is -3.10. The van der Waals surface area contributed by atoms with Gasteiger partial charge in [-0.3, -0.25) is 4.90 Å². The molecule has 118 valence electrons. The molecule has 0 unspecified atom stereocenters. The quantitative estimate of drug-likeness (QED) is 0.903. The maximum atomic E-state index is 11.2.